The minimum atomic E-state index is -0.491. The van der Waals surface area contributed by atoms with Gasteiger partial charge in [-0.1, -0.05) is 11.6 Å². The molecule has 0 radical (unpaired) electrons. The van der Waals surface area contributed by atoms with Crippen molar-refractivity contribution in [3.63, 3.8) is 0 Å². The first-order valence-corrected chi connectivity index (χ1v) is 10.2. The molecule has 0 spiro atoms. The number of ether oxygens (including phenoxy) is 1. The number of hydrogen-bond donors (Lipinski definition) is 1. The molecule has 3 heterocycles. The molecule has 160 valence electrons. The Bertz CT molecular complexity index is 1170. The van der Waals surface area contributed by atoms with Gasteiger partial charge in [-0.15, -0.1) is 0 Å². The van der Waals surface area contributed by atoms with Gasteiger partial charge in [0, 0.05) is 48.7 Å². The van der Waals surface area contributed by atoms with Gasteiger partial charge >= 0.3 is 0 Å². The van der Waals surface area contributed by atoms with Crippen molar-refractivity contribution < 1.29 is 9.53 Å². The zero-order valence-electron chi connectivity index (χ0n) is 17.2. The minimum absolute atomic E-state index is 0.157. The molecule has 2 aromatic heterocycles. The summed E-state index contributed by atoms with van der Waals surface area (Å²) in [5, 5.41) is 3.50. The lowest BCUT2D eigenvalue weighted by Crippen LogP contribution is -2.37. The lowest BCUT2D eigenvalue weighted by molar-refractivity contribution is 0.0924. The van der Waals surface area contributed by atoms with Gasteiger partial charge in [0.1, 0.15) is 17.6 Å². The molecule has 1 amide bonds. The zero-order chi connectivity index (χ0) is 22.0. The Labute approximate surface area is 184 Å². The van der Waals surface area contributed by atoms with Gasteiger partial charge in [0.15, 0.2) is 0 Å². The number of carbonyl (C=O) groups is 1. The molecule has 0 fully saturated rings. The second-order valence-electron chi connectivity index (χ2n) is 7.36. The number of hydrogen-bond acceptors (Lipinski definition) is 6. The number of likely N-dealkylation sites (N-methyl/N-ethyl adjacent to an activating group) is 1. The summed E-state index contributed by atoms with van der Waals surface area (Å²) < 4.78 is 6.94. The molecule has 4 rings (SSSR count). The topological polar surface area (TPSA) is 89.3 Å². The van der Waals surface area contributed by atoms with Crippen LogP contribution < -0.4 is 15.6 Å². The van der Waals surface area contributed by atoms with Gasteiger partial charge in [-0.05, 0) is 37.4 Å². The average Bonchev–Trinajstić information content (AvgIpc) is 2.93. The van der Waals surface area contributed by atoms with Crippen LogP contribution in [0.25, 0.3) is 11.3 Å². The smallest absolute Gasteiger partial charge is 0.255 e. The Kier molecular flexibility index (Phi) is 6.01. The highest BCUT2D eigenvalue weighted by Crippen LogP contribution is 2.25. The maximum atomic E-state index is 13.1. The highest BCUT2D eigenvalue weighted by atomic mass is 35.5. The number of carbonyl (C=O) groups excluding carboxylic acids is 1. The van der Waals surface area contributed by atoms with Crippen LogP contribution in [0.5, 0.6) is 5.75 Å². The number of pyridine rings is 1. The van der Waals surface area contributed by atoms with E-state index in [0.29, 0.717) is 47.5 Å². The van der Waals surface area contributed by atoms with E-state index in [2.05, 4.69) is 15.2 Å². The fourth-order valence-electron chi connectivity index (χ4n) is 3.64. The molecule has 9 heteroatoms. The van der Waals surface area contributed by atoms with E-state index in [0.717, 1.165) is 5.56 Å². The summed E-state index contributed by atoms with van der Waals surface area (Å²) in [7, 11) is 3.43. The molecular weight excluding hydrogens is 418 g/mol. The number of methoxy groups -OCH3 is 1. The number of aromatic nitrogens is 3. The Morgan fingerprint density at radius 3 is 2.71 bits per heavy atom. The number of amides is 1. The molecule has 1 N–H and O–H groups in total. The minimum Gasteiger partial charge on any atom is -0.496 e. The van der Waals surface area contributed by atoms with E-state index in [9.17, 15) is 9.59 Å². The van der Waals surface area contributed by atoms with Crippen molar-refractivity contribution in [2.45, 2.75) is 12.6 Å². The summed E-state index contributed by atoms with van der Waals surface area (Å²) in [5.41, 5.74) is 1.54. The summed E-state index contributed by atoms with van der Waals surface area (Å²) in [6.07, 6.45) is 3.31. The zero-order valence-corrected chi connectivity index (χ0v) is 18.0. The molecule has 1 unspecified atom stereocenters. The maximum absolute atomic E-state index is 13.1. The number of nitrogens with zero attached hydrogens (tertiary/aromatic N) is 4. The van der Waals surface area contributed by atoms with Crippen LogP contribution in [0, 0.1) is 0 Å². The van der Waals surface area contributed by atoms with E-state index in [4.69, 9.17) is 21.3 Å². The van der Waals surface area contributed by atoms with Gasteiger partial charge in [-0.25, -0.2) is 4.98 Å². The molecule has 1 atom stereocenters. The first kappa shape index (κ1) is 21.0. The second-order valence-corrected chi connectivity index (χ2v) is 7.79. The highest BCUT2D eigenvalue weighted by molar-refractivity contribution is 6.30. The van der Waals surface area contributed by atoms with Crippen LogP contribution >= 0.6 is 11.6 Å². The number of rotatable bonds is 4. The molecule has 0 saturated heterocycles. The lowest BCUT2D eigenvalue weighted by atomic mass is 10.1. The van der Waals surface area contributed by atoms with Crippen molar-refractivity contribution in [2.24, 2.45) is 0 Å². The Balaban J connectivity index is 1.74. The molecular formula is C22H22ClN5O3. The fraction of sp³-hybridized carbons (Fsp3) is 0.273. The van der Waals surface area contributed by atoms with Crippen molar-refractivity contribution >= 4 is 17.5 Å². The van der Waals surface area contributed by atoms with E-state index in [1.165, 1.54) is 13.2 Å². The summed E-state index contributed by atoms with van der Waals surface area (Å²) in [5.74, 6) is 0.566. The van der Waals surface area contributed by atoms with Crippen molar-refractivity contribution in [2.75, 3.05) is 27.2 Å². The summed E-state index contributed by atoms with van der Waals surface area (Å²) in [6, 6.07) is 9.47. The SMILES string of the molecule is COc1cc(Cl)ccc1C(=O)NC1CN(C)CCn2c1nc(-c1ccncc1)cc2=O. The van der Waals surface area contributed by atoms with E-state index in [-0.39, 0.29) is 11.5 Å². The lowest BCUT2D eigenvalue weighted by Gasteiger charge is -2.22. The predicted octanol–water partition coefficient (Wildman–Crippen LogP) is 2.38. The van der Waals surface area contributed by atoms with Crippen molar-refractivity contribution in [3.8, 4) is 17.0 Å². The van der Waals surface area contributed by atoms with Crippen LogP contribution in [-0.2, 0) is 6.54 Å². The molecule has 1 aliphatic heterocycles. The monoisotopic (exact) mass is 439 g/mol. The van der Waals surface area contributed by atoms with Gasteiger partial charge in [0.25, 0.3) is 11.5 Å². The molecule has 1 aromatic carbocycles. The normalized spacial score (nSPS) is 16.3. The summed E-state index contributed by atoms with van der Waals surface area (Å²) in [6.45, 7) is 1.67. The van der Waals surface area contributed by atoms with Gasteiger partial charge in [-0.3, -0.25) is 19.1 Å². The Morgan fingerprint density at radius 2 is 1.97 bits per heavy atom. The van der Waals surface area contributed by atoms with Crippen LogP contribution in [0.3, 0.4) is 0 Å². The highest BCUT2D eigenvalue weighted by Gasteiger charge is 2.27. The number of benzene rings is 1. The Hall–Kier alpha value is -3.23. The number of halogens is 1. The van der Waals surface area contributed by atoms with E-state index in [1.807, 2.05) is 7.05 Å². The van der Waals surface area contributed by atoms with Gasteiger partial charge in [-0.2, -0.15) is 0 Å². The Morgan fingerprint density at radius 1 is 1.19 bits per heavy atom. The van der Waals surface area contributed by atoms with Crippen molar-refractivity contribution in [3.05, 3.63) is 75.6 Å². The van der Waals surface area contributed by atoms with E-state index < -0.39 is 6.04 Å². The first-order valence-electron chi connectivity index (χ1n) is 9.81. The fourth-order valence-corrected chi connectivity index (χ4v) is 3.80. The number of nitrogens with one attached hydrogen (secondary N) is 1. The van der Waals surface area contributed by atoms with Crippen LogP contribution in [0.4, 0.5) is 0 Å². The first-order chi connectivity index (χ1) is 15.0. The van der Waals surface area contributed by atoms with Gasteiger partial charge in [0.05, 0.1) is 18.4 Å². The third kappa shape index (κ3) is 4.45. The van der Waals surface area contributed by atoms with E-state index in [1.54, 1.807) is 47.3 Å². The van der Waals surface area contributed by atoms with Crippen LogP contribution in [0.2, 0.25) is 5.02 Å². The third-order valence-corrected chi connectivity index (χ3v) is 5.47. The molecule has 8 nitrogen and oxygen atoms in total. The molecule has 0 aliphatic carbocycles. The van der Waals surface area contributed by atoms with Gasteiger partial charge in [0.2, 0.25) is 0 Å². The van der Waals surface area contributed by atoms with Crippen LogP contribution in [0.15, 0.2) is 53.6 Å². The molecule has 1 aliphatic rings. The van der Waals surface area contributed by atoms with E-state index >= 15 is 0 Å². The van der Waals surface area contributed by atoms with Crippen LogP contribution in [0.1, 0.15) is 22.2 Å². The third-order valence-electron chi connectivity index (χ3n) is 5.24. The summed E-state index contributed by atoms with van der Waals surface area (Å²) in [4.78, 5) is 36.8. The second kappa shape index (κ2) is 8.87. The largest absolute Gasteiger partial charge is 0.496 e. The number of fused-ring (bicyclic) bond motifs is 1. The average molecular weight is 440 g/mol. The molecule has 3 aromatic rings. The van der Waals surface area contributed by atoms with Gasteiger partial charge < -0.3 is 15.0 Å². The van der Waals surface area contributed by atoms with Crippen LogP contribution in [-0.4, -0.2) is 52.6 Å². The van der Waals surface area contributed by atoms with Crippen molar-refractivity contribution in [1.29, 1.82) is 0 Å². The maximum Gasteiger partial charge on any atom is 0.255 e. The molecule has 31 heavy (non-hydrogen) atoms. The molecule has 0 saturated carbocycles. The van der Waals surface area contributed by atoms with Crippen molar-refractivity contribution in [1.82, 2.24) is 24.8 Å². The summed E-state index contributed by atoms with van der Waals surface area (Å²) >= 11 is 6.02. The molecule has 0 bridgehead atoms. The predicted molar refractivity (Wildman–Crippen MR) is 117 cm³/mol. The quantitative estimate of drug-likeness (QED) is 0.671. The standard InChI is InChI=1S/C22H22ClN5O3/c1-27-9-10-28-20(29)12-17(14-5-7-24-8-6-14)25-21(28)18(13-27)26-22(30)16-4-3-15(23)11-19(16)31-2/h3-8,11-12,18H,9-10,13H2,1-2H3,(H,26,30).